The summed E-state index contributed by atoms with van der Waals surface area (Å²) in [4.78, 5) is 17.1. The van der Waals surface area contributed by atoms with Crippen molar-refractivity contribution in [1.29, 1.82) is 0 Å². The summed E-state index contributed by atoms with van der Waals surface area (Å²) in [6, 6.07) is 6.63. The zero-order valence-corrected chi connectivity index (χ0v) is 16.6. The molecule has 2 rings (SSSR count). The smallest absolute Gasteiger partial charge is 0.243 e. The number of thiazole rings is 1. The summed E-state index contributed by atoms with van der Waals surface area (Å²) >= 11 is 7.46. The van der Waals surface area contributed by atoms with Gasteiger partial charge in [0.2, 0.25) is 5.91 Å². The molecule has 0 saturated heterocycles. The summed E-state index contributed by atoms with van der Waals surface area (Å²) in [6.07, 6.45) is 3.47. The summed E-state index contributed by atoms with van der Waals surface area (Å²) in [5, 5.41) is 3.72. The van der Waals surface area contributed by atoms with Crippen molar-refractivity contribution in [1.82, 2.24) is 4.98 Å². The Bertz CT molecular complexity index is 825. The molecular weight excluding hydrogens is 405 g/mol. The average Bonchev–Trinajstić information content (AvgIpc) is 2.93. The normalized spacial score (nSPS) is 12.3. The standard InChI is InChI=1S/C15H18ClN3O3S2.ClH/c1-24(21,22)7-6-13(17)14(20)19-15-18-9-11(23-15)8-10-4-2-3-5-12(10)16;/h2-5,9,13H,6-8,17H2,1H3,(H,18,19,20);1H. The fourth-order valence-corrected chi connectivity index (χ4v) is 3.67. The van der Waals surface area contributed by atoms with Crippen molar-refractivity contribution in [2.75, 3.05) is 17.3 Å². The number of nitrogens with zero attached hydrogens (tertiary/aromatic N) is 1. The van der Waals surface area contributed by atoms with Crippen LogP contribution in [-0.2, 0) is 21.1 Å². The Morgan fingerprint density at radius 1 is 1.40 bits per heavy atom. The molecule has 2 aromatic rings. The van der Waals surface area contributed by atoms with Crippen molar-refractivity contribution in [2.45, 2.75) is 18.9 Å². The lowest BCUT2D eigenvalue weighted by Crippen LogP contribution is -2.37. The highest BCUT2D eigenvalue weighted by Crippen LogP contribution is 2.24. The minimum absolute atomic E-state index is 0. The number of benzene rings is 1. The van der Waals surface area contributed by atoms with Crippen LogP contribution >= 0.6 is 35.3 Å². The maximum Gasteiger partial charge on any atom is 0.243 e. The van der Waals surface area contributed by atoms with E-state index in [0.29, 0.717) is 16.6 Å². The SMILES string of the molecule is CS(=O)(=O)CCC(N)C(=O)Nc1ncc(Cc2ccccc2Cl)s1.Cl. The van der Waals surface area contributed by atoms with E-state index in [-0.39, 0.29) is 24.6 Å². The molecule has 138 valence electrons. The van der Waals surface area contributed by atoms with Gasteiger partial charge in [0.15, 0.2) is 5.13 Å². The molecule has 0 aliphatic rings. The minimum Gasteiger partial charge on any atom is -0.320 e. The minimum atomic E-state index is -3.15. The molecule has 1 aromatic heterocycles. The molecule has 0 spiro atoms. The Hall–Kier alpha value is -1.19. The Balaban J connectivity index is 0.00000312. The molecule has 1 atom stereocenters. The van der Waals surface area contributed by atoms with Crippen molar-refractivity contribution < 1.29 is 13.2 Å². The van der Waals surface area contributed by atoms with Gasteiger partial charge in [-0.05, 0) is 18.1 Å². The number of carbonyl (C=O) groups is 1. The van der Waals surface area contributed by atoms with E-state index in [0.717, 1.165) is 16.7 Å². The highest BCUT2D eigenvalue weighted by molar-refractivity contribution is 7.90. The Labute approximate surface area is 162 Å². The Morgan fingerprint density at radius 2 is 2.08 bits per heavy atom. The van der Waals surface area contributed by atoms with Gasteiger partial charge in [0.25, 0.3) is 0 Å². The van der Waals surface area contributed by atoms with Crippen molar-refractivity contribution in [3.63, 3.8) is 0 Å². The van der Waals surface area contributed by atoms with E-state index in [1.54, 1.807) is 6.20 Å². The first-order valence-electron chi connectivity index (χ1n) is 7.17. The second-order valence-electron chi connectivity index (χ2n) is 5.41. The number of aromatic nitrogens is 1. The van der Waals surface area contributed by atoms with Crippen LogP contribution in [0.4, 0.5) is 5.13 Å². The van der Waals surface area contributed by atoms with Crippen LogP contribution in [0.3, 0.4) is 0 Å². The van der Waals surface area contributed by atoms with Crippen molar-refractivity contribution in [3.8, 4) is 0 Å². The fraction of sp³-hybridized carbons (Fsp3) is 0.333. The molecule has 10 heteroatoms. The first-order valence-corrected chi connectivity index (χ1v) is 10.4. The van der Waals surface area contributed by atoms with E-state index in [4.69, 9.17) is 17.3 Å². The van der Waals surface area contributed by atoms with Crippen LogP contribution in [0.2, 0.25) is 5.02 Å². The van der Waals surface area contributed by atoms with E-state index in [1.807, 2.05) is 24.3 Å². The maximum absolute atomic E-state index is 12.0. The quantitative estimate of drug-likeness (QED) is 0.711. The molecule has 0 radical (unpaired) electrons. The van der Waals surface area contributed by atoms with Crippen LogP contribution in [0.1, 0.15) is 16.9 Å². The van der Waals surface area contributed by atoms with Crippen LogP contribution in [-0.4, -0.2) is 37.4 Å². The fourth-order valence-electron chi connectivity index (χ4n) is 1.95. The Kier molecular flexibility index (Phi) is 8.30. The number of sulfone groups is 1. The van der Waals surface area contributed by atoms with Crippen LogP contribution < -0.4 is 11.1 Å². The number of rotatable bonds is 7. The van der Waals surface area contributed by atoms with Gasteiger partial charge in [-0.1, -0.05) is 29.8 Å². The van der Waals surface area contributed by atoms with Crippen LogP contribution in [0.25, 0.3) is 0 Å². The monoisotopic (exact) mass is 423 g/mol. The molecule has 6 nitrogen and oxygen atoms in total. The summed E-state index contributed by atoms with van der Waals surface area (Å²) in [5.41, 5.74) is 6.68. The number of carbonyl (C=O) groups excluding carboxylic acids is 1. The summed E-state index contributed by atoms with van der Waals surface area (Å²) in [7, 11) is -3.15. The van der Waals surface area contributed by atoms with E-state index in [9.17, 15) is 13.2 Å². The molecule has 0 fully saturated rings. The van der Waals surface area contributed by atoms with Crippen LogP contribution in [0.5, 0.6) is 0 Å². The number of amides is 1. The topological polar surface area (TPSA) is 102 Å². The number of halogens is 2. The maximum atomic E-state index is 12.0. The summed E-state index contributed by atoms with van der Waals surface area (Å²) in [5.74, 6) is -0.575. The van der Waals surface area contributed by atoms with Gasteiger partial charge in [-0.3, -0.25) is 4.79 Å². The predicted octanol–water partition coefficient (Wildman–Crippen LogP) is 2.51. The van der Waals surface area contributed by atoms with E-state index in [1.165, 1.54) is 11.3 Å². The van der Waals surface area contributed by atoms with Gasteiger partial charge in [0, 0.05) is 28.8 Å². The van der Waals surface area contributed by atoms with Gasteiger partial charge in [-0.25, -0.2) is 13.4 Å². The van der Waals surface area contributed by atoms with Crippen LogP contribution in [0, 0.1) is 0 Å². The molecular formula is C15H19Cl2N3O3S2. The zero-order chi connectivity index (χ0) is 17.7. The molecule has 0 aliphatic carbocycles. The molecule has 0 bridgehead atoms. The first kappa shape index (κ1) is 21.9. The molecule has 3 N–H and O–H groups in total. The molecule has 1 unspecified atom stereocenters. The van der Waals surface area contributed by atoms with Gasteiger partial charge in [0.1, 0.15) is 9.84 Å². The predicted molar refractivity (Wildman–Crippen MR) is 105 cm³/mol. The second-order valence-corrected chi connectivity index (χ2v) is 9.20. The molecule has 0 aliphatic heterocycles. The highest BCUT2D eigenvalue weighted by Gasteiger charge is 2.17. The zero-order valence-electron chi connectivity index (χ0n) is 13.4. The molecule has 1 aromatic carbocycles. The summed E-state index contributed by atoms with van der Waals surface area (Å²) < 4.78 is 22.2. The lowest BCUT2D eigenvalue weighted by atomic mass is 10.1. The van der Waals surface area contributed by atoms with Crippen LogP contribution in [0.15, 0.2) is 30.5 Å². The molecule has 1 amide bonds. The second kappa shape index (κ2) is 9.49. The van der Waals surface area contributed by atoms with Gasteiger partial charge in [-0.15, -0.1) is 23.7 Å². The number of hydrogen-bond acceptors (Lipinski definition) is 6. The molecule has 0 saturated carbocycles. The van der Waals surface area contributed by atoms with Gasteiger partial charge in [-0.2, -0.15) is 0 Å². The van der Waals surface area contributed by atoms with Crippen molar-refractivity contribution >= 4 is 56.2 Å². The lowest BCUT2D eigenvalue weighted by Gasteiger charge is -2.09. The summed E-state index contributed by atoms with van der Waals surface area (Å²) in [6.45, 7) is 0. The molecule has 1 heterocycles. The number of nitrogens with two attached hydrogens (primary N) is 1. The number of hydrogen-bond donors (Lipinski definition) is 2. The third kappa shape index (κ3) is 7.29. The van der Waals surface area contributed by atoms with Crippen molar-refractivity contribution in [3.05, 3.63) is 45.9 Å². The van der Waals surface area contributed by atoms with E-state index < -0.39 is 21.8 Å². The third-order valence-corrected chi connectivity index (χ3v) is 5.50. The Morgan fingerprint density at radius 3 is 2.72 bits per heavy atom. The largest absolute Gasteiger partial charge is 0.320 e. The average molecular weight is 424 g/mol. The first-order chi connectivity index (χ1) is 11.2. The van der Waals surface area contributed by atoms with E-state index >= 15 is 0 Å². The third-order valence-electron chi connectivity index (χ3n) is 3.24. The van der Waals surface area contributed by atoms with Gasteiger partial charge in [0.05, 0.1) is 11.8 Å². The van der Waals surface area contributed by atoms with Gasteiger partial charge >= 0.3 is 0 Å². The lowest BCUT2D eigenvalue weighted by molar-refractivity contribution is -0.117. The number of anilines is 1. The highest BCUT2D eigenvalue weighted by atomic mass is 35.5. The van der Waals surface area contributed by atoms with Crippen molar-refractivity contribution in [2.24, 2.45) is 5.73 Å². The molecule has 25 heavy (non-hydrogen) atoms. The number of nitrogens with one attached hydrogen (secondary N) is 1. The van der Waals surface area contributed by atoms with E-state index in [2.05, 4.69) is 10.3 Å². The van der Waals surface area contributed by atoms with Gasteiger partial charge < -0.3 is 11.1 Å².